The number of hydrogen-bond acceptors (Lipinski definition) is 4. The molecule has 1 atom stereocenters. The minimum Gasteiger partial charge on any atom is -0.353 e. The zero-order valence-electron chi connectivity index (χ0n) is 16.1. The Kier molecular flexibility index (Phi) is 6.82. The highest BCUT2D eigenvalue weighted by atomic mass is 32.1. The van der Waals surface area contributed by atoms with Gasteiger partial charge in [0, 0.05) is 23.4 Å². The van der Waals surface area contributed by atoms with E-state index in [4.69, 9.17) is 5.26 Å². The molecule has 3 rings (SSSR count). The Bertz CT molecular complexity index is 1050. The highest BCUT2D eigenvalue weighted by molar-refractivity contribution is 7.17. The molecule has 2 aromatic carbocycles. The Labute approximate surface area is 173 Å². The van der Waals surface area contributed by atoms with Gasteiger partial charge >= 0.3 is 6.03 Å². The number of fused-ring (bicyclic) bond motifs is 1. The molecule has 3 aromatic rings. The number of thiophene rings is 1. The maximum Gasteiger partial charge on any atom is 0.319 e. The Balaban J connectivity index is 1.75. The van der Waals surface area contributed by atoms with Crippen LogP contribution in [0.2, 0.25) is 0 Å². The number of nitrogens with one attached hydrogen (secondary N) is 3. The molecule has 6 nitrogen and oxygen atoms in total. The van der Waals surface area contributed by atoms with Gasteiger partial charge < -0.3 is 16.0 Å². The number of nitriles is 1. The van der Waals surface area contributed by atoms with Gasteiger partial charge in [-0.2, -0.15) is 5.26 Å². The van der Waals surface area contributed by atoms with E-state index in [1.54, 1.807) is 11.3 Å². The van der Waals surface area contributed by atoms with Crippen LogP contribution in [0.1, 0.15) is 17.5 Å². The van der Waals surface area contributed by atoms with Crippen LogP contribution in [0.4, 0.5) is 10.5 Å². The molecule has 0 bridgehead atoms. The smallest absolute Gasteiger partial charge is 0.319 e. The van der Waals surface area contributed by atoms with Gasteiger partial charge in [-0.1, -0.05) is 36.4 Å². The molecule has 1 unspecified atom stereocenters. The van der Waals surface area contributed by atoms with E-state index in [1.165, 1.54) is 0 Å². The first kappa shape index (κ1) is 20.4. The van der Waals surface area contributed by atoms with Crippen molar-refractivity contribution < 1.29 is 9.59 Å². The van der Waals surface area contributed by atoms with Crippen LogP contribution in [0, 0.1) is 18.3 Å². The van der Waals surface area contributed by atoms with Crippen molar-refractivity contribution >= 4 is 39.0 Å². The number of rotatable bonds is 7. The van der Waals surface area contributed by atoms with E-state index in [1.807, 2.05) is 66.9 Å². The fraction of sp³-hybridized carbons (Fsp3) is 0.227. The molecule has 1 heterocycles. The Morgan fingerprint density at radius 2 is 1.90 bits per heavy atom. The van der Waals surface area contributed by atoms with Crippen molar-refractivity contribution in [2.24, 2.45) is 0 Å². The second-order valence-electron chi connectivity index (χ2n) is 6.63. The number of para-hydroxylation sites is 1. The molecular formula is C22H22N4O2S. The quantitative estimate of drug-likeness (QED) is 0.518. The molecule has 1 aromatic heterocycles. The zero-order valence-corrected chi connectivity index (χ0v) is 16.9. The molecule has 7 heteroatoms. The zero-order chi connectivity index (χ0) is 20.6. The summed E-state index contributed by atoms with van der Waals surface area (Å²) < 4.78 is 1.13. The standard InChI is InChI=1S/C22H22N4O2S/c1-15-7-2-4-9-18(15)25-22(28)26-19(21(27)24-12-6-11-23)13-16-14-29-20-10-5-3-8-17(16)20/h2-5,7-10,14,19H,6,12-13H2,1H3,(H,24,27)(H2,25,26,28). The highest BCUT2D eigenvalue weighted by Crippen LogP contribution is 2.26. The fourth-order valence-electron chi connectivity index (χ4n) is 3.01. The summed E-state index contributed by atoms with van der Waals surface area (Å²) in [5.41, 5.74) is 2.62. The maximum atomic E-state index is 12.7. The molecule has 148 valence electrons. The van der Waals surface area contributed by atoms with Crippen LogP contribution in [0.25, 0.3) is 10.1 Å². The first-order chi connectivity index (χ1) is 14.1. The third kappa shape index (κ3) is 5.33. The number of urea groups is 1. The number of hydrogen-bond donors (Lipinski definition) is 3. The summed E-state index contributed by atoms with van der Waals surface area (Å²) in [6.45, 7) is 2.15. The number of nitrogens with zero attached hydrogens (tertiary/aromatic N) is 1. The minimum atomic E-state index is -0.754. The lowest BCUT2D eigenvalue weighted by Crippen LogP contribution is -2.49. The van der Waals surface area contributed by atoms with E-state index in [9.17, 15) is 9.59 Å². The topological polar surface area (TPSA) is 94.0 Å². The number of carbonyl (C=O) groups is 2. The van der Waals surface area contributed by atoms with E-state index < -0.39 is 12.1 Å². The average Bonchev–Trinajstić information content (AvgIpc) is 3.12. The summed E-state index contributed by atoms with van der Waals surface area (Å²) in [6, 6.07) is 16.2. The third-order valence-electron chi connectivity index (χ3n) is 4.54. The first-order valence-electron chi connectivity index (χ1n) is 9.31. The number of carbonyl (C=O) groups excluding carboxylic acids is 2. The van der Waals surface area contributed by atoms with Crippen molar-refractivity contribution in [1.29, 1.82) is 5.26 Å². The van der Waals surface area contributed by atoms with Gasteiger partial charge in [-0.05, 0) is 40.9 Å². The van der Waals surface area contributed by atoms with E-state index in [2.05, 4.69) is 16.0 Å². The van der Waals surface area contributed by atoms with Crippen molar-refractivity contribution in [1.82, 2.24) is 10.6 Å². The summed E-state index contributed by atoms with van der Waals surface area (Å²) >= 11 is 1.61. The average molecular weight is 407 g/mol. The second kappa shape index (κ2) is 9.71. The molecule has 29 heavy (non-hydrogen) atoms. The predicted octanol–water partition coefficient (Wildman–Crippen LogP) is 3.97. The normalized spacial score (nSPS) is 11.4. The lowest BCUT2D eigenvalue weighted by atomic mass is 10.0. The Morgan fingerprint density at radius 1 is 1.14 bits per heavy atom. The highest BCUT2D eigenvalue weighted by Gasteiger charge is 2.22. The monoisotopic (exact) mass is 406 g/mol. The fourth-order valence-corrected chi connectivity index (χ4v) is 3.99. The van der Waals surface area contributed by atoms with Gasteiger partial charge in [-0.3, -0.25) is 4.79 Å². The molecule has 0 saturated heterocycles. The summed E-state index contributed by atoms with van der Waals surface area (Å²) in [5, 5.41) is 20.1. The van der Waals surface area contributed by atoms with Crippen molar-refractivity contribution in [3.05, 3.63) is 65.0 Å². The number of aryl methyl sites for hydroxylation is 1. The van der Waals surface area contributed by atoms with Gasteiger partial charge in [0.05, 0.1) is 12.5 Å². The molecule has 0 aliphatic carbocycles. The minimum absolute atomic E-state index is 0.218. The molecule has 3 amide bonds. The molecular weight excluding hydrogens is 384 g/mol. The molecule has 0 saturated carbocycles. The summed E-state index contributed by atoms with van der Waals surface area (Å²) in [5.74, 6) is -0.310. The van der Waals surface area contributed by atoms with E-state index in [0.29, 0.717) is 12.1 Å². The van der Waals surface area contributed by atoms with Crippen LogP contribution in [0.15, 0.2) is 53.9 Å². The number of anilines is 1. The van der Waals surface area contributed by atoms with E-state index in [0.717, 1.165) is 21.2 Å². The van der Waals surface area contributed by atoms with E-state index >= 15 is 0 Å². The van der Waals surface area contributed by atoms with Crippen LogP contribution in [-0.4, -0.2) is 24.5 Å². The maximum absolute atomic E-state index is 12.7. The third-order valence-corrected chi connectivity index (χ3v) is 5.55. The van der Waals surface area contributed by atoms with Crippen LogP contribution in [0.3, 0.4) is 0 Å². The molecule has 0 radical (unpaired) electrons. The van der Waals surface area contributed by atoms with Crippen molar-refractivity contribution in [3.63, 3.8) is 0 Å². The Morgan fingerprint density at radius 3 is 2.69 bits per heavy atom. The van der Waals surface area contributed by atoms with Crippen molar-refractivity contribution in [2.75, 3.05) is 11.9 Å². The number of benzene rings is 2. The largest absolute Gasteiger partial charge is 0.353 e. The van der Waals surface area contributed by atoms with Gasteiger partial charge in [0.1, 0.15) is 6.04 Å². The molecule has 0 aliphatic heterocycles. The van der Waals surface area contributed by atoms with Gasteiger partial charge in [0.2, 0.25) is 5.91 Å². The van der Waals surface area contributed by atoms with Crippen LogP contribution in [0.5, 0.6) is 0 Å². The summed E-state index contributed by atoms with van der Waals surface area (Å²) in [7, 11) is 0. The predicted molar refractivity (Wildman–Crippen MR) is 116 cm³/mol. The Hall–Kier alpha value is -3.37. The summed E-state index contributed by atoms with van der Waals surface area (Å²) in [6.07, 6.45) is 0.582. The SMILES string of the molecule is Cc1ccccc1NC(=O)NC(Cc1csc2ccccc12)C(=O)NCCC#N. The van der Waals surface area contributed by atoms with Crippen molar-refractivity contribution in [3.8, 4) is 6.07 Å². The second-order valence-corrected chi connectivity index (χ2v) is 7.54. The van der Waals surface area contributed by atoms with Gasteiger partial charge in [-0.15, -0.1) is 11.3 Å². The number of amides is 3. The molecule has 3 N–H and O–H groups in total. The summed E-state index contributed by atoms with van der Waals surface area (Å²) in [4.78, 5) is 25.2. The van der Waals surface area contributed by atoms with Gasteiger partial charge in [-0.25, -0.2) is 4.79 Å². The van der Waals surface area contributed by atoms with Crippen LogP contribution in [-0.2, 0) is 11.2 Å². The van der Waals surface area contributed by atoms with Crippen molar-refractivity contribution in [2.45, 2.75) is 25.8 Å². The molecule has 0 aliphatic rings. The lowest BCUT2D eigenvalue weighted by Gasteiger charge is -2.19. The lowest BCUT2D eigenvalue weighted by molar-refractivity contribution is -0.122. The first-order valence-corrected chi connectivity index (χ1v) is 10.2. The van der Waals surface area contributed by atoms with Gasteiger partial charge in [0.25, 0.3) is 0 Å². The molecule has 0 fully saturated rings. The van der Waals surface area contributed by atoms with Crippen LogP contribution < -0.4 is 16.0 Å². The molecule has 0 spiro atoms. The van der Waals surface area contributed by atoms with E-state index in [-0.39, 0.29) is 18.9 Å². The van der Waals surface area contributed by atoms with Gasteiger partial charge in [0.15, 0.2) is 0 Å². The van der Waals surface area contributed by atoms with Crippen LogP contribution >= 0.6 is 11.3 Å².